The average Bonchev–Trinajstić information content (AvgIpc) is 2.54. The van der Waals surface area contributed by atoms with E-state index >= 15 is 0 Å². The molecule has 0 fully saturated rings. The number of aliphatic hydroxyl groups is 1. The van der Waals surface area contributed by atoms with Crippen LogP contribution in [-0.4, -0.2) is 70.9 Å². The van der Waals surface area contributed by atoms with Gasteiger partial charge < -0.3 is 31.9 Å². The molecule has 0 aromatic rings. The average molecular weight is 378 g/mol. The Balaban J connectivity index is 4.76. The third kappa shape index (κ3) is 9.27. The summed E-state index contributed by atoms with van der Waals surface area (Å²) in [6.07, 6.45) is 0.249. The maximum absolute atomic E-state index is 12.2. The number of carbonyl (C=O) groups is 4. The molecule has 3 amide bonds. The van der Waals surface area contributed by atoms with Crippen molar-refractivity contribution in [3.63, 3.8) is 0 Å². The van der Waals surface area contributed by atoms with E-state index < -0.39 is 48.4 Å². The molecule has 3 unspecified atom stereocenters. The molecule has 0 spiro atoms. The fourth-order valence-electron chi connectivity index (χ4n) is 1.79. The van der Waals surface area contributed by atoms with Crippen LogP contribution in [0.4, 0.5) is 0 Å². The number of amides is 3. The highest BCUT2D eigenvalue weighted by molar-refractivity contribution is 7.80. The molecule has 0 aliphatic heterocycles. The molecule has 0 radical (unpaired) electrons. The first-order chi connectivity index (χ1) is 11.6. The van der Waals surface area contributed by atoms with Crippen LogP contribution in [0.5, 0.6) is 0 Å². The minimum Gasteiger partial charge on any atom is -0.480 e. The van der Waals surface area contributed by atoms with Crippen molar-refractivity contribution in [2.75, 3.05) is 18.9 Å². The molecule has 0 bridgehead atoms. The molecular formula is C14H26N4O6S. The fraction of sp³-hybridized carbons (Fsp3) is 0.714. The second-order valence-corrected chi connectivity index (χ2v) is 6.20. The molecule has 7 N–H and O–H groups in total. The van der Waals surface area contributed by atoms with Crippen LogP contribution in [-0.2, 0) is 19.2 Å². The summed E-state index contributed by atoms with van der Waals surface area (Å²) in [4.78, 5) is 46.4. The highest BCUT2D eigenvalue weighted by atomic mass is 32.1. The fourth-order valence-corrected chi connectivity index (χ4v) is 1.95. The predicted octanol–water partition coefficient (Wildman–Crippen LogP) is -2.55. The topological polar surface area (TPSA) is 171 Å². The molecule has 0 aromatic heterocycles. The number of nitrogens with one attached hydrogen (secondary N) is 3. The third-order valence-corrected chi connectivity index (χ3v) is 3.51. The number of carboxylic acid groups (broad SMARTS) is 1. The number of rotatable bonds is 11. The first-order valence-electron chi connectivity index (χ1n) is 7.69. The number of aliphatic carboxylic acids is 1. The molecule has 3 atom stereocenters. The standard InChI is InChI=1S/C14H26N4O6S/c1-7(2)3-9(13(22)18-10(5-19)14(23)24)17-11(20)4-16-12(21)8(15)6-25/h7-10,19,25H,3-6,15H2,1-2H3,(H,16,21)(H,17,20)(H,18,22)(H,23,24). The second-order valence-electron chi connectivity index (χ2n) is 5.84. The third-order valence-electron chi connectivity index (χ3n) is 3.11. The van der Waals surface area contributed by atoms with E-state index in [1.54, 1.807) is 0 Å². The number of hydrogen-bond acceptors (Lipinski definition) is 7. The van der Waals surface area contributed by atoms with E-state index in [9.17, 15) is 19.2 Å². The number of carboxylic acids is 1. The lowest BCUT2D eigenvalue weighted by atomic mass is 10.0. The lowest BCUT2D eigenvalue weighted by Crippen LogP contribution is -2.54. The minimum absolute atomic E-state index is 0.0284. The van der Waals surface area contributed by atoms with Crippen molar-refractivity contribution in [3.8, 4) is 0 Å². The van der Waals surface area contributed by atoms with Crippen molar-refractivity contribution in [2.45, 2.75) is 38.4 Å². The van der Waals surface area contributed by atoms with Gasteiger partial charge in [0.05, 0.1) is 19.2 Å². The van der Waals surface area contributed by atoms with Gasteiger partial charge in [-0.2, -0.15) is 12.6 Å². The van der Waals surface area contributed by atoms with Gasteiger partial charge in [0.15, 0.2) is 0 Å². The quantitative estimate of drug-likeness (QED) is 0.194. The molecule has 10 nitrogen and oxygen atoms in total. The largest absolute Gasteiger partial charge is 0.480 e. The van der Waals surface area contributed by atoms with E-state index in [-0.39, 0.29) is 24.6 Å². The SMILES string of the molecule is CC(C)CC(NC(=O)CNC(=O)C(N)CS)C(=O)NC(CO)C(=O)O. The van der Waals surface area contributed by atoms with Crippen molar-refractivity contribution in [2.24, 2.45) is 11.7 Å². The Morgan fingerprint density at radius 2 is 1.68 bits per heavy atom. The normalized spacial score (nSPS) is 14.3. The first kappa shape index (κ1) is 23.1. The zero-order valence-corrected chi connectivity index (χ0v) is 15.1. The summed E-state index contributed by atoms with van der Waals surface area (Å²) in [5.41, 5.74) is 5.45. The van der Waals surface area contributed by atoms with Crippen molar-refractivity contribution in [1.82, 2.24) is 16.0 Å². The van der Waals surface area contributed by atoms with Gasteiger partial charge in [0.25, 0.3) is 0 Å². The Bertz CT molecular complexity index is 488. The molecular weight excluding hydrogens is 352 g/mol. The summed E-state index contributed by atoms with van der Waals surface area (Å²) in [6.45, 7) is 2.48. The van der Waals surface area contributed by atoms with Gasteiger partial charge in [-0.25, -0.2) is 4.79 Å². The van der Waals surface area contributed by atoms with Gasteiger partial charge >= 0.3 is 5.97 Å². The van der Waals surface area contributed by atoms with Gasteiger partial charge in [0, 0.05) is 5.75 Å². The molecule has 0 saturated carbocycles. The van der Waals surface area contributed by atoms with E-state index in [2.05, 4.69) is 28.6 Å². The predicted molar refractivity (Wildman–Crippen MR) is 92.9 cm³/mol. The van der Waals surface area contributed by atoms with Crippen LogP contribution in [0.2, 0.25) is 0 Å². The molecule has 25 heavy (non-hydrogen) atoms. The van der Waals surface area contributed by atoms with E-state index in [1.165, 1.54) is 0 Å². The molecule has 11 heteroatoms. The summed E-state index contributed by atoms with van der Waals surface area (Å²) in [6, 6.07) is -3.32. The highest BCUT2D eigenvalue weighted by Crippen LogP contribution is 2.05. The van der Waals surface area contributed by atoms with Crippen LogP contribution < -0.4 is 21.7 Å². The first-order valence-corrected chi connectivity index (χ1v) is 8.33. The number of thiol groups is 1. The van der Waals surface area contributed by atoms with Crippen molar-refractivity contribution < 1.29 is 29.4 Å². The van der Waals surface area contributed by atoms with Crippen molar-refractivity contribution in [3.05, 3.63) is 0 Å². The number of nitrogens with two attached hydrogens (primary N) is 1. The van der Waals surface area contributed by atoms with Gasteiger partial charge in [-0.05, 0) is 12.3 Å². The number of hydrogen-bond donors (Lipinski definition) is 7. The lowest BCUT2D eigenvalue weighted by Gasteiger charge is -2.22. The van der Waals surface area contributed by atoms with Gasteiger partial charge in [-0.3, -0.25) is 14.4 Å². The molecule has 0 saturated heterocycles. The number of aliphatic hydroxyl groups excluding tert-OH is 1. The van der Waals surface area contributed by atoms with E-state index in [4.69, 9.17) is 15.9 Å². The zero-order chi connectivity index (χ0) is 19.6. The minimum atomic E-state index is -1.47. The van der Waals surface area contributed by atoms with Crippen molar-refractivity contribution in [1.29, 1.82) is 0 Å². The summed E-state index contributed by atoms with van der Waals surface area (Å²) in [5, 5.41) is 24.7. The lowest BCUT2D eigenvalue weighted by molar-refractivity contribution is -0.143. The van der Waals surface area contributed by atoms with E-state index in [0.717, 1.165) is 0 Å². The van der Waals surface area contributed by atoms with Gasteiger partial charge in [-0.15, -0.1) is 0 Å². The second kappa shape index (κ2) is 11.7. The maximum Gasteiger partial charge on any atom is 0.328 e. The molecule has 0 aromatic carbocycles. The smallest absolute Gasteiger partial charge is 0.328 e. The monoisotopic (exact) mass is 378 g/mol. The molecule has 0 aliphatic rings. The molecule has 0 rings (SSSR count). The van der Waals surface area contributed by atoms with Crippen LogP contribution in [0.1, 0.15) is 20.3 Å². The van der Waals surface area contributed by atoms with Crippen LogP contribution in [0.25, 0.3) is 0 Å². The summed E-state index contributed by atoms with van der Waals surface area (Å²) in [5.74, 6) is -3.16. The van der Waals surface area contributed by atoms with Crippen LogP contribution in [0.15, 0.2) is 0 Å². The van der Waals surface area contributed by atoms with Crippen LogP contribution in [0, 0.1) is 5.92 Å². The summed E-state index contributed by atoms with van der Waals surface area (Å²) >= 11 is 3.87. The van der Waals surface area contributed by atoms with Crippen LogP contribution in [0.3, 0.4) is 0 Å². The Labute approximate surface area is 151 Å². The summed E-state index contributed by atoms with van der Waals surface area (Å²) in [7, 11) is 0. The van der Waals surface area contributed by atoms with Crippen LogP contribution >= 0.6 is 12.6 Å². The van der Waals surface area contributed by atoms with Crippen molar-refractivity contribution >= 4 is 36.3 Å². The Hall–Kier alpha value is -1.85. The van der Waals surface area contributed by atoms with Gasteiger partial charge in [0.2, 0.25) is 17.7 Å². The molecule has 0 aliphatic carbocycles. The molecule has 144 valence electrons. The summed E-state index contributed by atoms with van der Waals surface area (Å²) < 4.78 is 0. The van der Waals surface area contributed by atoms with Gasteiger partial charge in [0.1, 0.15) is 12.1 Å². The Morgan fingerprint density at radius 3 is 2.12 bits per heavy atom. The zero-order valence-electron chi connectivity index (χ0n) is 14.2. The van der Waals surface area contributed by atoms with Gasteiger partial charge in [-0.1, -0.05) is 13.8 Å². The highest BCUT2D eigenvalue weighted by Gasteiger charge is 2.26. The maximum atomic E-state index is 12.2. The van der Waals surface area contributed by atoms with E-state index in [1.807, 2.05) is 13.8 Å². The molecule has 0 heterocycles. The Kier molecular flexibility index (Phi) is 10.8. The number of carbonyl (C=O) groups excluding carboxylic acids is 3. The Morgan fingerprint density at radius 1 is 1.08 bits per heavy atom. The van der Waals surface area contributed by atoms with E-state index in [0.29, 0.717) is 0 Å².